The van der Waals surface area contributed by atoms with Gasteiger partial charge < -0.3 is 41.2 Å². The van der Waals surface area contributed by atoms with Crippen LogP contribution in [0, 0.1) is 12.8 Å². The average molecular weight is 578 g/mol. The number of benzene rings is 1. The van der Waals surface area contributed by atoms with Crippen LogP contribution in [0.15, 0.2) is 29.4 Å². The predicted octanol–water partition coefficient (Wildman–Crippen LogP) is 1.24. The minimum atomic E-state index is -0.939. The molecule has 6 N–H and O–H groups in total. The van der Waals surface area contributed by atoms with Gasteiger partial charge in [-0.05, 0) is 48.9 Å². The number of nitrogens with one attached hydrogen (secondary N) is 4. The standard InChI is InChI=1S/C26H41N8O7/c1-18(2)23(33-22(35)17-41-16-15-40-14-13-39-12-11-30-34-28)25(37)32-21(5-4-10-29-26(27)38)24(36)31-20-8-6-19(3)7-9-20/h6-9,18,21,23H,3-5,10-17H2,1-2H3,(H,31,36)(H,32,37)(H,33,35)(H3,27,29,38)/t21-,23-/m0/s1. The fourth-order valence-electron chi connectivity index (χ4n) is 3.37. The highest BCUT2D eigenvalue weighted by atomic mass is 16.5. The zero-order valence-corrected chi connectivity index (χ0v) is 23.6. The third-order valence-corrected chi connectivity index (χ3v) is 5.46. The molecule has 0 saturated carbocycles. The molecule has 0 aromatic heterocycles. The molecule has 15 heteroatoms. The van der Waals surface area contributed by atoms with Gasteiger partial charge in [-0.3, -0.25) is 14.4 Å². The Bertz CT molecular complexity index is 1000. The van der Waals surface area contributed by atoms with Gasteiger partial charge >= 0.3 is 6.03 Å². The highest BCUT2D eigenvalue weighted by Gasteiger charge is 2.28. The molecule has 5 amide bonds. The first-order valence-electron chi connectivity index (χ1n) is 13.2. The lowest BCUT2D eigenvalue weighted by molar-refractivity contribution is -0.134. The van der Waals surface area contributed by atoms with E-state index in [1.54, 1.807) is 38.1 Å². The number of hydrogen-bond acceptors (Lipinski definition) is 8. The largest absolute Gasteiger partial charge is 0.379 e. The molecule has 41 heavy (non-hydrogen) atoms. The van der Waals surface area contributed by atoms with Crippen molar-refractivity contribution in [3.05, 3.63) is 47.2 Å². The van der Waals surface area contributed by atoms with Gasteiger partial charge in [0.15, 0.2) is 0 Å². The van der Waals surface area contributed by atoms with Crippen LogP contribution < -0.4 is 27.0 Å². The van der Waals surface area contributed by atoms with Gasteiger partial charge in [-0.25, -0.2) is 4.79 Å². The molecule has 0 heterocycles. The zero-order chi connectivity index (χ0) is 30.5. The van der Waals surface area contributed by atoms with Gasteiger partial charge in [-0.2, -0.15) is 0 Å². The smallest absolute Gasteiger partial charge is 0.312 e. The minimum absolute atomic E-state index is 0.154. The number of carbonyl (C=O) groups excluding carboxylic acids is 4. The molecule has 0 fully saturated rings. The molecule has 0 aliphatic heterocycles. The Kier molecular flexibility index (Phi) is 17.9. The second-order valence-electron chi connectivity index (χ2n) is 9.20. The lowest BCUT2D eigenvalue weighted by Gasteiger charge is -2.25. The summed E-state index contributed by atoms with van der Waals surface area (Å²) in [5.41, 5.74) is 14.6. The van der Waals surface area contributed by atoms with Crippen molar-refractivity contribution in [1.29, 1.82) is 0 Å². The van der Waals surface area contributed by atoms with Crippen LogP contribution in [-0.2, 0) is 28.6 Å². The molecular formula is C26H41N8O7. The number of hydrogen-bond donors (Lipinski definition) is 5. The summed E-state index contributed by atoms with van der Waals surface area (Å²) in [7, 11) is 0. The maximum atomic E-state index is 13.1. The van der Waals surface area contributed by atoms with Crippen LogP contribution in [-0.4, -0.2) is 88.6 Å². The fourth-order valence-corrected chi connectivity index (χ4v) is 3.37. The summed E-state index contributed by atoms with van der Waals surface area (Å²) < 4.78 is 15.8. The molecule has 0 aliphatic rings. The van der Waals surface area contributed by atoms with Crippen molar-refractivity contribution < 1.29 is 33.4 Å². The van der Waals surface area contributed by atoms with Crippen molar-refractivity contribution >= 4 is 29.4 Å². The Morgan fingerprint density at radius 2 is 1.61 bits per heavy atom. The Hall–Kier alpha value is -3.91. The van der Waals surface area contributed by atoms with Crippen molar-refractivity contribution in [2.45, 2.75) is 38.8 Å². The predicted molar refractivity (Wildman–Crippen MR) is 152 cm³/mol. The third kappa shape index (κ3) is 16.7. The van der Waals surface area contributed by atoms with Crippen molar-refractivity contribution in [1.82, 2.24) is 16.0 Å². The summed E-state index contributed by atoms with van der Waals surface area (Å²) in [4.78, 5) is 52.2. The van der Waals surface area contributed by atoms with Gasteiger partial charge in [0, 0.05) is 23.7 Å². The van der Waals surface area contributed by atoms with Crippen LogP contribution in [0.5, 0.6) is 0 Å². The number of anilines is 1. The monoisotopic (exact) mass is 577 g/mol. The zero-order valence-electron chi connectivity index (χ0n) is 23.6. The second-order valence-corrected chi connectivity index (χ2v) is 9.20. The number of azide groups is 1. The number of carbonyl (C=O) groups is 4. The average Bonchev–Trinajstić information content (AvgIpc) is 2.92. The second kappa shape index (κ2) is 20.9. The van der Waals surface area contributed by atoms with Gasteiger partial charge in [-0.15, -0.1) is 0 Å². The lowest BCUT2D eigenvalue weighted by Crippen LogP contribution is -2.55. The first-order chi connectivity index (χ1) is 19.6. The highest BCUT2D eigenvalue weighted by molar-refractivity contribution is 5.98. The number of primary amides is 1. The van der Waals surface area contributed by atoms with Gasteiger partial charge in [0.2, 0.25) is 17.7 Å². The van der Waals surface area contributed by atoms with E-state index in [2.05, 4.69) is 38.2 Å². The van der Waals surface area contributed by atoms with Crippen molar-refractivity contribution in [3.63, 3.8) is 0 Å². The van der Waals surface area contributed by atoms with Crippen LogP contribution in [0.4, 0.5) is 10.5 Å². The van der Waals surface area contributed by atoms with E-state index in [0.29, 0.717) is 31.9 Å². The Morgan fingerprint density at radius 1 is 0.976 bits per heavy atom. The molecule has 0 unspecified atom stereocenters. The molecule has 2 atom stereocenters. The summed E-state index contributed by atoms with van der Waals surface area (Å²) >= 11 is 0. The summed E-state index contributed by atoms with van der Waals surface area (Å²) in [5, 5.41) is 13.9. The molecule has 0 saturated heterocycles. The molecule has 0 bridgehead atoms. The number of amides is 5. The van der Waals surface area contributed by atoms with Crippen LogP contribution in [0.2, 0.25) is 0 Å². The Balaban J connectivity index is 2.57. The van der Waals surface area contributed by atoms with Gasteiger partial charge in [0.25, 0.3) is 0 Å². The first-order valence-corrected chi connectivity index (χ1v) is 13.2. The first kappa shape index (κ1) is 35.1. The molecule has 0 spiro atoms. The van der Waals surface area contributed by atoms with E-state index in [1.807, 2.05) is 0 Å². The van der Waals surface area contributed by atoms with Crippen molar-refractivity contribution in [3.8, 4) is 0 Å². The normalized spacial score (nSPS) is 12.1. The van der Waals surface area contributed by atoms with Gasteiger partial charge in [0.1, 0.15) is 18.7 Å². The van der Waals surface area contributed by atoms with Crippen LogP contribution in [0.1, 0.15) is 32.3 Å². The van der Waals surface area contributed by atoms with Gasteiger partial charge in [-0.1, -0.05) is 31.1 Å². The van der Waals surface area contributed by atoms with E-state index in [-0.39, 0.29) is 45.2 Å². The van der Waals surface area contributed by atoms with Crippen LogP contribution in [0.25, 0.3) is 10.4 Å². The molecule has 1 aromatic rings. The molecule has 1 rings (SSSR count). The van der Waals surface area contributed by atoms with E-state index in [1.165, 1.54) is 0 Å². The van der Waals surface area contributed by atoms with Crippen molar-refractivity contribution in [2.24, 2.45) is 16.8 Å². The van der Waals surface area contributed by atoms with Crippen LogP contribution >= 0.6 is 0 Å². The summed E-state index contributed by atoms with van der Waals surface area (Å²) in [5.74, 6) is -1.77. The van der Waals surface area contributed by atoms with E-state index >= 15 is 0 Å². The SMILES string of the molecule is [CH2]c1ccc(NC(=O)[C@H](CCCNC(N)=O)NC(=O)[C@@H](NC(=O)COCCOCCOCCN=[N+]=[N-])C(C)C)cc1. The summed E-state index contributed by atoms with van der Waals surface area (Å²) in [6.07, 6.45) is 0.585. The maximum absolute atomic E-state index is 13.1. The molecule has 1 radical (unpaired) electrons. The molecule has 1 aromatic carbocycles. The molecular weight excluding hydrogens is 536 g/mol. The van der Waals surface area contributed by atoms with E-state index in [0.717, 1.165) is 5.56 Å². The third-order valence-electron chi connectivity index (χ3n) is 5.46. The highest BCUT2D eigenvalue weighted by Crippen LogP contribution is 2.11. The fraction of sp³-hybridized carbons (Fsp3) is 0.577. The Morgan fingerprint density at radius 3 is 2.22 bits per heavy atom. The minimum Gasteiger partial charge on any atom is -0.379 e. The number of nitrogens with zero attached hydrogens (tertiary/aromatic N) is 3. The molecule has 227 valence electrons. The number of ether oxygens (including phenoxy) is 3. The topological polar surface area (TPSA) is 219 Å². The van der Waals surface area contributed by atoms with E-state index in [4.69, 9.17) is 25.5 Å². The number of rotatable bonds is 21. The van der Waals surface area contributed by atoms with Gasteiger partial charge in [0.05, 0.1) is 33.0 Å². The van der Waals surface area contributed by atoms with E-state index in [9.17, 15) is 19.2 Å². The quantitative estimate of drug-likeness (QED) is 0.0622. The number of nitrogens with two attached hydrogens (primary N) is 1. The Labute approximate surface area is 239 Å². The lowest BCUT2D eigenvalue weighted by atomic mass is 10.0. The van der Waals surface area contributed by atoms with E-state index < -0.39 is 35.8 Å². The molecule has 0 aliphatic carbocycles. The van der Waals surface area contributed by atoms with Crippen LogP contribution in [0.3, 0.4) is 0 Å². The summed E-state index contributed by atoms with van der Waals surface area (Å²) in [6, 6.07) is 4.32. The molecule has 15 nitrogen and oxygen atoms in total. The summed E-state index contributed by atoms with van der Waals surface area (Å²) in [6.45, 7) is 8.86. The maximum Gasteiger partial charge on any atom is 0.312 e. The van der Waals surface area contributed by atoms with Crippen molar-refractivity contribution in [2.75, 3.05) is 58.0 Å². The number of urea groups is 1.